The third-order valence-corrected chi connectivity index (χ3v) is 3.96. The van der Waals surface area contributed by atoms with Crippen LogP contribution in [-0.2, 0) is 11.2 Å². The first-order valence-corrected chi connectivity index (χ1v) is 8.37. The third kappa shape index (κ3) is 5.32. The van der Waals surface area contributed by atoms with Gasteiger partial charge in [0.1, 0.15) is 10.8 Å². The fourth-order valence-electron chi connectivity index (χ4n) is 2.07. The molecule has 0 aliphatic rings. The summed E-state index contributed by atoms with van der Waals surface area (Å²) in [5.74, 6) is 0.0964. The second-order valence-corrected chi connectivity index (χ2v) is 5.92. The number of aliphatic hydroxyl groups excluding tert-OH is 1. The van der Waals surface area contributed by atoms with E-state index in [2.05, 4.69) is 9.98 Å². The highest BCUT2D eigenvalue weighted by Gasteiger charge is 2.11. The van der Waals surface area contributed by atoms with Crippen molar-refractivity contribution in [1.82, 2.24) is 4.98 Å². The van der Waals surface area contributed by atoms with Gasteiger partial charge in [0, 0.05) is 31.0 Å². The van der Waals surface area contributed by atoms with E-state index in [1.54, 1.807) is 6.20 Å². The number of amides is 1. The number of ether oxygens (including phenoxy) is 1. The molecule has 0 spiro atoms. The van der Waals surface area contributed by atoms with Gasteiger partial charge in [-0.1, -0.05) is 6.07 Å². The van der Waals surface area contributed by atoms with Crippen LogP contribution in [0.1, 0.15) is 18.4 Å². The van der Waals surface area contributed by atoms with Crippen LogP contribution in [0.3, 0.4) is 0 Å². The number of benzene rings is 1. The number of nitrogens with zero attached hydrogens (tertiary/aromatic N) is 2. The van der Waals surface area contributed by atoms with Gasteiger partial charge in [-0.15, -0.1) is 11.3 Å². The minimum Gasteiger partial charge on any atom is -0.493 e. The van der Waals surface area contributed by atoms with Gasteiger partial charge in [0.2, 0.25) is 5.91 Å². The number of carbonyl (C=O) groups excluding carboxylic acids is 1. The number of aliphatic imine (C=N–C) groups is 1. The number of aliphatic hydroxyl groups is 1. The average Bonchev–Trinajstić information content (AvgIpc) is 3.07. The normalized spacial score (nSPS) is 10.4. The molecule has 0 fully saturated rings. The second-order valence-electron chi connectivity index (χ2n) is 5.02. The fraction of sp³-hybridized carbons (Fsp3) is 0.312. The Morgan fingerprint density at radius 3 is 2.88 bits per heavy atom. The molecule has 0 radical (unpaired) electrons. The van der Waals surface area contributed by atoms with Gasteiger partial charge in [-0.3, -0.25) is 4.79 Å². The van der Waals surface area contributed by atoms with Crippen LogP contribution in [-0.4, -0.2) is 35.2 Å². The maximum atomic E-state index is 11.6. The molecule has 2 aromatic rings. The van der Waals surface area contributed by atoms with Gasteiger partial charge < -0.3 is 21.3 Å². The summed E-state index contributed by atoms with van der Waals surface area (Å²) in [6.07, 6.45) is 3.00. The van der Waals surface area contributed by atoms with Gasteiger partial charge in [-0.2, -0.15) is 4.99 Å². The molecule has 0 aliphatic heterocycles. The molecule has 5 N–H and O–H groups in total. The summed E-state index contributed by atoms with van der Waals surface area (Å²) < 4.78 is 5.77. The summed E-state index contributed by atoms with van der Waals surface area (Å²) in [4.78, 5) is 19.4. The van der Waals surface area contributed by atoms with Crippen LogP contribution in [0.2, 0.25) is 0 Å². The van der Waals surface area contributed by atoms with Crippen molar-refractivity contribution >= 4 is 23.2 Å². The number of aromatic nitrogens is 1. The average molecular weight is 348 g/mol. The lowest BCUT2D eigenvalue weighted by molar-refractivity contribution is -0.117. The SMILES string of the molecule is NC(N)=NC(=O)CCc1ccc(-c2nccs2)c(OCCCO)c1. The van der Waals surface area contributed by atoms with E-state index < -0.39 is 0 Å². The Bertz CT molecular complexity index is 697. The maximum absolute atomic E-state index is 11.6. The second kappa shape index (κ2) is 8.99. The van der Waals surface area contributed by atoms with E-state index >= 15 is 0 Å². The molecule has 0 atom stereocenters. The molecule has 0 saturated heterocycles. The zero-order chi connectivity index (χ0) is 17.4. The summed E-state index contributed by atoms with van der Waals surface area (Å²) in [6.45, 7) is 0.477. The molecule has 0 aliphatic carbocycles. The first kappa shape index (κ1) is 17.9. The fourth-order valence-corrected chi connectivity index (χ4v) is 2.74. The van der Waals surface area contributed by atoms with Gasteiger partial charge in [0.15, 0.2) is 5.96 Å². The van der Waals surface area contributed by atoms with Crippen molar-refractivity contribution in [1.29, 1.82) is 0 Å². The smallest absolute Gasteiger partial charge is 0.249 e. The molecule has 0 unspecified atom stereocenters. The van der Waals surface area contributed by atoms with Crippen LogP contribution in [0.5, 0.6) is 5.75 Å². The zero-order valence-corrected chi connectivity index (χ0v) is 14.0. The molecule has 1 aromatic heterocycles. The molecule has 24 heavy (non-hydrogen) atoms. The zero-order valence-electron chi connectivity index (χ0n) is 13.1. The highest BCUT2D eigenvalue weighted by molar-refractivity contribution is 7.13. The Kier molecular flexibility index (Phi) is 6.71. The van der Waals surface area contributed by atoms with E-state index in [-0.39, 0.29) is 24.9 Å². The largest absolute Gasteiger partial charge is 0.493 e. The molecule has 128 valence electrons. The lowest BCUT2D eigenvalue weighted by atomic mass is 10.1. The van der Waals surface area contributed by atoms with Crippen molar-refractivity contribution in [3.8, 4) is 16.3 Å². The summed E-state index contributed by atoms with van der Waals surface area (Å²) in [6, 6.07) is 5.74. The molecule has 1 amide bonds. The first-order chi connectivity index (χ1) is 11.6. The van der Waals surface area contributed by atoms with Gasteiger partial charge in [-0.05, 0) is 24.1 Å². The third-order valence-electron chi connectivity index (χ3n) is 3.15. The van der Waals surface area contributed by atoms with Crippen LogP contribution >= 0.6 is 11.3 Å². The first-order valence-electron chi connectivity index (χ1n) is 7.49. The summed E-state index contributed by atoms with van der Waals surface area (Å²) in [7, 11) is 0. The molecule has 1 heterocycles. The van der Waals surface area contributed by atoms with Crippen LogP contribution in [0, 0.1) is 0 Å². The van der Waals surface area contributed by atoms with Crippen molar-refractivity contribution in [2.75, 3.05) is 13.2 Å². The van der Waals surface area contributed by atoms with Crippen LogP contribution in [0.15, 0.2) is 34.8 Å². The van der Waals surface area contributed by atoms with Crippen LogP contribution in [0.25, 0.3) is 10.6 Å². The molecule has 0 saturated carbocycles. The molecule has 0 bridgehead atoms. The van der Waals surface area contributed by atoms with E-state index in [9.17, 15) is 4.79 Å². The van der Waals surface area contributed by atoms with E-state index in [1.807, 2.05) is 23.6 Å². The molecular formula is C16H20N4O3S. The standard InChI is InChI=1S/C16H20N4O3S/c17-16(18)20-14(22)5-3-11-2-4-12(15-19-6-9-24-15)13(10-11)23-8-1-7-21/h2,4,6,9-10,21H,1,3,5,7-8H2,(H4,17,18,20,22). The lowest BCUT2D eigenvalue weighted by Crippen LogP contribution is -2.24. The number of hydrogen-bond donors (Lipinski definition) is 3. The maximum Gasteiger partial charge on any atom is 0.249 e. The van der Waals surface area contributed by atoms with Gasteiger partial charge in [0.25, 0.3) is 0 Å². The number of nitrogens with two attached hydrogens (primary N) is 2. The highest BCUT2D eigenvalue weighted by atomic mass is 32.1. The van der Waals surface area contributed by atoms with E-state index in [0.717, 1.165) is 16.1 Å². The minimum atomic E-state index is -0.359. The number of thiazole rings is 1. The summed E-state index contributed by atoms with van der Waals surface area (Å²) in [5, 5.41) is 11.7. The summed E-state index contributed by atoms with van der Waals surface area (Å²) >= 11 is 1.52. The van der Waals surface area contributed by atoms with Gasteiger partial charge >= 0.3 is 0 Å². The van der Waals surface area contributed by atoms with E-state index in [0.29, 0.717) is 25.2 Å². The molecular weight excluding hydrogens is 328 g/mol. The van der Waals surface area contributed by atoms with Crippen molar-refractivity contribution in [3.05, 3.63) is 35.3 Å². The Hall–Kier alpha value is -2.45. The van der Waals surface area contributed by atoms with Crippen LogP contribution in [0.4, 0.5) is 0 Å². The van der Waals surface area contributed by atoms with Crippen molar-refractivity contribution < 1.29 is 14.6 Å². The number of guanidine groups is 1. The minimum absolute atomic E-state index is 0.0687. The monoisotopic (exact) mass is 348 g/mol. The van der Waals surface area contributed by atoms with Gasteiger partial charge in [0.05, 0.1) is 12.2 Å². The highest BCUT2D eigenvalue weighted by Crippen LogP contribution is 2.32. The van der Waals surface area contributed by atoms with Crippen molar-refractivity contribution in [3.63, 3.8) is 0 Å². The van der Waals surface area contributed by atoms with E-state index in [4.69, 9.17) is 21.3 Å². The number of rotatable bonds is 8. The Balaban J connectivity index is 2.14. The van der Waals surface area contributed by atoms with E-state index in [1.165, 1.54) is 11.3 Å². The van der Waals surface area contributed by atoms with Crippen LogP contribution < -0.4 is 16.2 Å². The van der Waals surface area contributed by atoms with Crippen molar-refractivity contribution in [2.24, 2.45) is 16.5 Å². The molecule has 8 heteroatoms. The quantitative estimate of drug-likeness (QED) is 0.375. The number of aryl methyl sites for hydroxylation is 1. The molecule has 1 aromatic carbocycles. The van der Waals surface area contributed by atoms with Crippen molar-refractivity contribution in [2.45, 2.75) is 19.3 Å². The summed E-state index contributed by atoms with van der Waals surface area (Å²) in [5.41, 5.74) is 12.2. The lowest BCUT2D eigenvalue weighted by Gasteiger charge is -2.11. The number of carbonyl (C=O) groups is 1. The Morgan fingerprint density at radius 2 is 2.21 bits per heavy atom. The van der Waals surface area contributed by atoms with Gasteiger partial charge in [-0.25, -0.2) is 4.98 Å². The number of hydrogen-bond acceptors (Lipinski definition) is 5. The topological polar surface area (TPSA) is 124 Å². The Morgan fingerprint density at radius 1 is 1.38 bits per heavy atom. The molecule has 2 rings (SSSR count). The predicted molar refractivity (Wildman–Crippen MR) is 93.9 cm³/mol. The Labute approximate surface area is 144 Å². The predicted octanol–water partition coefficient (Wildman–Crippen LogP) is 1.30. The molecule has 7 nitrogen and oxygen atoms in total.